The second kappa shape index (κ2) is 11.3. The minimum Gasteiger partial charge on any atom is -0.385 e. The van der Waals surface area contributed by atoms with Crippen molar-refractivity contribution in [2.24, 2.45) is 11.8 Å². The Kier molecular flexibility index (Phi) is 8.21. The Bertz CT molecular complexity index is 984. The molecule has 0 bridgehead atoms. The quantitative estimate of drug-likeness (QED) is 0.542. The van der Waals surface area contributed by atoms with Crippen molar-refractivity contribution in [2.75, 3.05) is 46.4 Å². The molecule has 1 aromatic carbocycles. The number of benzene rings is 1. The number of aryl methyl sites for hydroxylation is 1. The van der Waals surface area contributed by atoms with Crippen molar-refractivity contribution in [1.82, 2.24) is 24.7 Å². The lowest BCUT2D eigenvalue weighted by Gasteiger charge is -2.41. The number of carbonyl (C=O) groups excluding carboxylic acids is 2. The molecule has 0 saturated carbocycles. The van der Waals surface area contributed by atoms with E-state index in [1.165, 1.54) is 0 Å². The van der Waals surface area contributed by atoms with E-state index in [0.717, 1.165) is 49.9 Å². The molecule has 4 rings (SSSR count). The van der Waals surface area contributed by atoms with Gasteiger partial charge >= 0.3 is 0 Å². The Morgan fingerprint density at radius 2 is 2.00 bits per heavy atom. The summed E-state index contributed by atoms with van der Waals surface area (Å²) in [5.41, 5.74) is 1.83. The summed E-state index contributed by atoms with van der Waals surface area (Å²) in [4.78, 5) is 35.6. The van der Waals surface area contributed by atoms with E-state index in [0.29, 0.717) is 44.4 Å². The van der Waals surface area contributed by atoms with Crippen LogP contribution in [0.5, 0.6) is 0 Å². The maximum Gasteiger partial charge on any atom is 0.290 e. The van der Waals surface area contributed by atoms with Crippen LogP contribution in [0.4, 0.5) is 0 Å². The first-order valence-corrected chi connectivity index (χ1v) is 12.7. The summed E-state index contributed by atoms with van der Waals surface area (Å²) < 4.78 is 7.28. The first-order chi connectivity index (χ1) is 16.5. The Morgan fingerprint density at radius 1 is 1.21 bits per heavy atom. The second-order valence-corrected chi connectivity index (χ2v) is 10.1. The fourth-order valence-corrected chi connectivity index (χ4v) is 5.04. The first-order valence-electron chi connectivity index (χ1n) is 12.7. The molecule has 1 N–H and O–H groups in total. The van der Waals surface area contributed by atoms with Crippen LogP contribution in [-0.2, 0) is 16.1 Å². The smallest absolute Gasteiger partial charge is 0.290 e. The van der Waals surface area contributed by atoms with Gasteiger partial charge in [0.15, 0.2) is 5.82 Å². The zero-order valence-electron chi connectivity index (χ0n) is 20.8. The maximum absolute atomic E-state index is 14.0. The van der Waals surface area contributed by atoms with Crippen molar-refractivity contribution < 1.29 is 14.3 Å². The van der Waals surface area contributed by atoms with Crippen LogP contribution in [-0.4, -0.2) is 83.6 Å². The zero-order valence-corrected chi connectivity index (χ0v) is 20.8. The first kappa shape index (κ1) is 24.7. The maximum atomic E-state index is 14.0. The number of likely N-dealkylation sites (tertiary alicyclic amines) is 1. The number of carbonyl (C=O) groups is 2. The number of nitrogens with zero attached hydrogens (tertiary/aromatic N) is 4. The Hall–Kier alpha value is -2.45. The molecule has 34 heavy (non-hydrogen) atoms. The molecule has 0 spiro atoms. The molecule has 2 atom stereocenters. The van der Waals surface area contributed by atoms with Gasteiger partial charge in [-0.15, -0.1) is 0 Å². The number of ether oxygens (including phenoxy) is 1. The van der Waals surface area contributed by atoms with Crippen molar-refractivity contribution in [3.05, 3.63) is 30.1 Å². The van der Waals surface area contributed by atoms with E-state index in [4.69, 9.17) is 9.72 Å². The van der Waals surface area contributed by atoms with E-state index in [-0.39, 0.29) is 23.8 Å². The summed E-state index contributed by atoms with van der Waals surface area (Å²) in [5.74, 6) is 0.922. The molecule has 8 nitrogen and oxygen atoms in total. The number of nitrogens with one attached hydrogen (secondary N) is 1. The molecule has 2 aliphatic heterocycles. The summed E-state index contributed by atoms with van der Waals surface area (Å²) in [7, 11) is 1.71. The van der Waals surface area contributed by atoms with Gasteiger partial charge in [-0.25, -0.2) is 4.98 Å². The molecule has 2 aliphatic rings. The minimum atomic E-state index is -0.0747. The standard InChI is InChI=1S/C26H39N5O3/c1-19(2)18-31(21-15-20(16-27-17-21)25(32)29-11-8-12-29)26(33)24-28-22-9-4-5-10-23(22)30(24)13-6-7-14-34-3/h4-5,9-10,19-21,27H,6-8,11-18H2,1-3H3/t20?,21-/m0/s1. The number of imidazole rings is 1. The summed E-state index contributed by atoms with van der Waals surface area (Å²) in [5, 5.41) is 3.44. The van der Waals surface area contributed by atoms with E-state index >= 15 is 0 Å². The summed E-state index contributed by atoms with van der Waals surface area (Å²) >= 11 is 0. The number of hydrogen-bond acceptors (Lipinski definition) is 5. The van der Waals surface area contributed by atoms with Crippen LogP contribution in [0, 0.1) is 11.8 Å². The summed E-state index contributed by atoms with van der Waals surface area (Å²) in [6, 6.07) is 7.93. The molecule has 3 heterocycles. The van der Waals surface area contributed by atoms with E-state index in [2.05, 4.69) is 23.7 Å². The number of aromatic nitrogens is 2. The van der Waals surface area contributed by atoms with Crippen LogP contribution in [0.1, 0.15) is 50.1 Å². The molecular formula is C26H39N5O3. The molecular weight excluding hydrogens is 430 g/mol. The predicted octanol–water partition coefficient (Wildman–Crippen LogP) is 2.77. The topological polar surface area (TPSA) is 79.7 Å². The normalized spacial score (nSPS) is 20.5. The van der Waals surface area contributed by atoms with Gasteiger partial charge in [0.2, 0.25) is 5.91 Å². The fourth-order valence-electron chi connectivity index (χ4n) is 5.04. The van der Waals surface area contributed by atoms with Gasteiger partial charge in [0.05, 0.1) is 17.0 Å². The number of fused-ring (bicyclic) bond motifs is 1. The second-order valence-electron chi connectivity index (χ2n) is 10.1. The SMILES string of the molecule is COCCCCn1c(C(=O)N(CC(C)C)[C@@H]2CNCC(C(=O)N3CCC3)C2)nc2ccccc21. The number of methoxy groups -OCH3 is 1. The van der Waals surface area contributed by atoms with Crippen LogP contribution < -0.4 is 5.32 Å². The molecule has 186 valence electrons. The van der Waals surface area contributed by atoms with Crippen LogP contribution in [0.3, 0.4) is 0 Å². The van der Waals surface area contributed by atoms with E-state index in [9.17, 15) is 9.59 Å². The van der Waals surface area contributed by atoms with Crippen molar-refractivity contribution in [3.63, 3.8) is 0 Å². The van der Waals surface area contributed by atoms with Crippen molar-refractivity contribution >= 4 is 22.8 Å². The average Bonchev–Trinajstić information content (AvgIpc) is 3.17. The van der Waals surface area contributed by atoms with Gasteiger partial charge in [-0.05, 0) is 43.7 Å². The third kappa shape index (κ3) is 5.44. The molecule has 2 fully saturated rings. The molecule has 1 aromatic heterocycles. The fraction of sp³-hybridized carbons (Fsp3) is 0.654. The van der Waals surface area contributed by atoms with E-state index < -0.39 is 0 Å². The van der Waals surface area contributed by atoms with Gasteiger partial charge in [0.25, 0.3) is 5.91 Å². The van der Waals surface area contributed by atoms with Crippen molar-refractivity contribution in [1.29, 1.82) is 0 Å². The molecule has 2 aromatic rings. The lowest BCUT2D eigenvalue weighted by atomic mass is 9.92. The minimum absolute atomic E-state index is 0.0272. The third-order valence-corrected chi connectivity index (χ3v) is 6.93. The van der Waals surface area contributed by atoms with Crippen LogP contribution >= 0.6 is 0 Å². The van der Waals surface area contributed by atoms with Gasteiger partial charge in [0, 0.05) is 59.0 Å². The Morgan fingerprint density at radius 3 is 2.71 bits per heavy atom. The number of rotatable bonds is 10. The summed E-state index contributed by atoms with van der Waals surface area (Å²) in [6.07, 6.45) is 3.64. The Balaban J connectivity index is 1.59. The zero-order chi connectivity index (χ0) is 24.1. The molecule has 0 aliphatic carbocycles. The largest absolute Gasteiger partial charge is 0.385 e. The molecule has 2 saturated heterocycles. The van der Waals surface area contributed by atoms with Gasteiger partial charge in [-0.1, -0.05) is 26.0 Å². The highest BCUT2D eigenvalue weighted by atomic mass is 16.5. The molecule has 8 heteroatoms. The van der Waals surface area contributed by atoms with Crippen molar-refractivity contribution in [2.45, 2.75) is 52.1 Å². The molecule has 1 unspecified atom stereocenters. The van der Waals surface area contributed by atoms with E-state index in [1.54, 1.807) is 7.11 Å². The molecule has 2 amide bonds. The van der Waals surface area contributed by atoms with Gasteiger partial charge in [-0.3, -0.25) is 9.59 Å². The Labute approximate surface area is 202 Å². The van der Waals surface area contributed by atoms with Crippen LogP contribution in [0.25, 0.3) is 11.0 Å². The van der Waals surface area contributed by atoms with Crippen LogP contribution in [0.2, 0.25) is 0 Å². The monoisotopic (exact) mass is 469 g/mol. The van der Waals surface area contributed by atoms with Gasteiger partial charge in [-0.2, -0.15) is 0 Å². The molecule has 0 radical (unpaired) electrons. The predicted molar refractivity (Wildman–Crippen MR) is 133 cm³/mol. The number of amides is 2. The number of hydrogen-bond donors (Lipinski definition) is 1. The highest BCUT2D eigenvalue weighted by molar-refractivity contribution is 5.95. The highest BCUT2D eigenvalue weighted by Crippen LogP contribution is 2.25. The van der Waals surface area contributed by atoms with E-state index in [1.807, 2.05) is 34.1 Å². The lowest BCUT2D eigenvalue weighted by Crippen LogP contribution is -2.56. The number of para-hydroxylation sites is 2. The lowest BCUT2D eigenvalue weighted by molar-refractivity contribution is -0.140. The van der Waals surface area contributed by atoms with Crippen molar-refractivity contribution in [3.8, 4) is 0 Å². The van der Waals surface area contributed by atoms with Crippen LogP contribution in [0.15, 0.2) is 24.3 Å². The van der Waals surface area contributed by atoms with Gasteiger partial charge in [0.1, 0.15) is 0 Å². The third-order valence-electron chi connectivity index (χ3n) is 6.93. The number of piperidine rings is 1. The highest BCUT2D eigenvalue weighted by Gasteiger charge is 2.37. The van der Waals surface area contributed by atoms with Gasteiger partial charge < -0.3 is 24.4 Å². The number of unbranched alkanes of at least 4 members (excludes halogenated alkanes) is 1. The average molecular weight is 470 g/mol. The summed E-state index contributed by atoms with van der Waals surface area (Å²) in [6.45, 7) is 9.45.